The number of ketones is 1. The predicted molar refractivity (Wildman–Crippen MR) is 87.0 cm³/mol. The lowest BCUT2D eigenvalue weighted by Crippen LogP contribution is -2.04. The van der Waals surface area contributed by atoms with E-state index in [2.05, 4.69) is 22.6 Å². The van der Waals surface area contributed by atoms with Crippen LogP contribution in [0.25, 0.3) is 0 Å². The average Bonchev–Trinajstić information content (AvgIpc) is 2.41. The molecule has 2 aromatic carbocycles. The van der Waals surface area contributed by atoms with E-state index in [-0.39, 0.29) is 5.78 Å². The van der Waals surface area contributed by atoms with Crippen molar-refractivity contribution in [2.24, 2.45) is 0 Å². The molecule has 19 heavy (non-hydrogen) atoms. The van der Waals surface area contributed by atoms with Crippen LogP contribution in [0.3, 0.4) is 0 Å². The number of Topliss-reactive ketones (excluding diaryl/α,β-unsaturated/α-hetero) is 1. The Morgan fingerprint density at radius 1 is 0.947 bits per heavy atom. The van der Waals surface area contributed by atoms with Crippen molar-refractivity contribution in [3.63, 3.8) is 0 Å². The number of nitrogen functional groups attached to an aromatic ring is 1. The molecule has 2 aromatic rings. The summed E-state index contributed by atoms with van der Waals surface area (Å²) in [5, 5.41) is 0. The Kier molecular flexibility index (Phi) is 4.96. The van der Waals surface area contributed by atoms with E-state index in [1.807, 2.05) is 48.5 Å². The summed E-state index contributed by atoms with van der Waals surface area (Å²) in [4.78, 5) is 11.9. The van der Waals surface area contributed by atoms with Crippen molar-refractivity contribution in [2.45, 2.75) is 19.3 Å². The molecular formula is C16H16INO. The fourth-order valence-electron chi connectivity index (χ4n) is 1.89. The lowest BCUT2D eigenvalue weighted by molar-refractivity contribution is -0.118. The summed E-state index contributed by atoms with van der Waals surface area (Å²) in [5.74, 6) is 0.276. The first-order chi connectivity index (χ1) is 9.13. The molecule has 0 aliphatic rings. The van der Waals surface area contributed by atoms with Crippen LogP contribution in [0.1, 0.15) is 17.5 Å². The number of halogens is 1. The van der Waals surface area contributed by atoms with Gasteiger partial charge in [-0.2, -0.15) is 0 Å². The molecule has 0 aliphatic carbocycles. The Morgan fingerprint density at radius 2 is 1.53 bits per heavy atom. The van der Waals surface area contributed by atoms with E-state index in [1.165, 1.54) is 3.57 Å². The molecule has 0 unspecified atom stereocenters. The zero-order chi connectivity index (χ0) is 13.7. The Bertz CT molecular complexity index is 546. The van der Waals surface area contributed by atoms with Gasteiger partial charge in [-0.15, -0.1) is 0 Å². The Morgan fingerprint density at radius 3 is 2.16 bits per heavy atom. The van der Waals surface area contributed by atoms with Gasteiger partial charge in [-0.3, -0.25) is 4.79 Å². The average molecular weight is 365 g/mol. The molecule has 0 saturated heterocycles. The maximum atomic E-state index is 11.9. The molecule has 0 amide bonds. The standard InChI is InChI=1S/C16H16INO/c17-14-6-1-13(2-7-14)11-16(19)10-5-12-3-8-15(18)9-4-12/h1-4,6-9H,5,10-11,18H2. The normalized spacial score (nSPS) is 10.4. The number of anilines is 1. The fraction of sp³-hybridized carbons (Fsp3) is 0.188. The third-order valence-corrected chi connectivity index (χ3v) is 3.71. The van der Waals surface area contributed by atoms with Crippen LogP contribution in [0.5, 0.6) is 0 Å². The third kappa shape index (κ3) is 4.67. The second kappa shape index (κ2) is 6.70. The van der Waals surface area contributed by atoms with Gasteiger partial charge in [0.1, 0.15) is 5.78 Å². The van der Waals surface area contributed by atoms with Crippen LogP contribution in [-0.2, 0) is 17.6 Å². The summed E-state index contributed by atoms with van der Waals surface area (Å²) < 4.78 is 1.19. The van der Waals surface area contributed by atoms with Crippen molar-refractivity contribution in [1.29, 1.82) is 0 Å². The van der Waals surface area contributed by atoms with Gasteiger partial charge in [0.25, 0.3) is 0 Å². The maximum absolute atomic E-state index is 11.9. The molecule has 0 fully saturated rings. The highest BCUT2D eigenvalue weighted by Gasteiger charge is 2.04. The van der Waals surface area contributed by atoms with Gasteiger partial charge in [0, 0.05) is 22.1 Å². The highest BCUT2D eigenvalue weighted by molar-refractivity contribution is 14.1. The molecule has 0 atom stereocenters. The summed E-state index contributed by atoms with van der Waals surface area (Å²) in [6.45, 7) is 0. The number of benzene rings is 2. The van der Waals surface area contributed by atoms with E-state index in [0.29, 0.717) is 12.8 Å². The third-order valence-electron chi connectivity index (χ3n) is 2.99. The highest BCUT2D eigenvalue weighted by atomic mass is 127. The van der Waals surface area contributed by atoms with Crippen molar-refractivity contribution in [2.75, 3.05) is 5.73 Å². The Hall–Kier alpha value is -1.36. The van der Waals surface area contributed by atoms with E-state index in [1.54, 1.807) is 0 Å². The van der Waals surface area contributed by atoms with Crippen LogP contribution < -0.4 is 5.73 Å². The summed E-state index contributed by atoms with van der Waals surface area (Å²) >= 11 is 2.26. The molecule has 0 heterocycles. The second-order valence-corrected chi connectivity index (χ2v) is 5.83. The minimum atomic E-state index is 0.276. The molecule has 0 aliphatic heterocycles. The SMILES string of the molecule is Nc1ccc(CCC(=O)Cc2ccc(I)cc2)cc1. The highest BCUT2D eigenvalue weighted by Crippen LogP contribution is 2.11. The largest absolute Gasteiger partial charge is 0.399 e. The topological polar surface area (TPSA) is 43.1 Å². The molecule has 2 nitrogen and oxygen atoms in total. The molecule has 98 valence electrons. The predicted octanol–water partition coefficient (Wildman–Crippen LogP) is 3.62. The molecular weight excluding hydrogens is 349 g/mol. The van der Waals surface area contributed by atoms with E-state index >= 15 is 0 Å². The number of carbonyl (C=O) groups excluding carboxylic acids is 1. The first kappa shape index (κ1) is 14.1. The van der Waals surface area contributed by atoms with Crippen LogP contribution in [0, 0.1) is 3.57 Å². The number of nitrogens with two attached hydrogens (primary N) is 1. The fourth-order valence-corrected chi connectivity index (χ4v) is 2.25. The lowest BCUT2D eigenvalue weighted by Gasteiger charge is -2.03. The van der Waals surface area contributed by atoms with Crippen molar-refractivity contribution in [3.8, 4) is 0 Å². The molecule has 2 rings (SSSR count). The van der Waals surface area contributed by atoms with Gasteiger partial charge in [0.2, 0.25) is 0 Å². The molecule has 0 aromatic heterocycles. The quantitative estimate of drug-likeness (QED) is 0.650. The first-order valence-corrected chi connectivity index (χ1v) is 7.32. The zero-order valence-corrected chi connectivity index (χ0v) is 12.8. The minimum Gasteiger partial charge on any atom is -0.399 e. The summed E-state index contributed by atoms with van der Waals surface area (Å²) in [6, 6.07) is 15.8. The molecule has 0 spiro atoms. The van der Waals surface area contributed by atoms with Gasteiger partial charge in [0.05, 0.1) is 0 Å². The molecule has 0 saturated carbocycles. The van der Waals surface area contributed by atoms with Gasteiger partial charge in [-0.25, -0.2) is 0 Å². The number of hydrogen-bond acceptors (Lipinski definition) is 2. The number of carbonyl (C=O) groups is 1. The van der Waals surface area contributed by atoms with Crippen molar-refractivity contribution < 1.29 is 4.79 Å². The van der Waals surface area contributed by atoms with Gasteiger partial charge in [-0.05, 0) is 64.4 Å². The van der Waals surface area contributed by atoms with Crippen molar-refractivity contribution in [1.82, 2.24) is 0 Å². The van der Waals surface area contributed by atoms with Crippen LogP contribution in [0.15, 0.2) is 48.5 Å². The van der Waals surface area contributed by atoms with Crippen LogP contribution in [0.2, 0.25) is 0 Å². The van der Waals surface area contributed by atoms with E-state index in [4.69, 9.17) is 5.73 Å². The Labute approximate surface area is 127 Å². The monoisotopic (exact) mass is 365 g/mol. The van der Waals surface area contributed by atoms with Crippen LogP contribution in [0.4, 0.5) is 5.69 Å². The van der Waals surface area contributed by atoms with Gasteiger partial charge in [-0.1, -0.05) is 24.3 Å². The van der Waals surface area contributed by atoms with Gasteiger partial charge >= 0.3 is 0 Å². The summed E-state index contributed by atoms with van der Waals surface area (Å²) in [7, 11) is 0. The van der Waals surface area contributed by atoms with Gasteiger partial charge < -0.3 is 5.73 Å². The lowest BCUT2D eigenvalue weighted by atomic mass is 10.0. The van der Waals surface area contributed by atoms with E-state index in [0.717, 1.165) is 23.2 Å². The second-order valence-electron chi connectivity index (χ2n) is 4.58. The van der Waals surface area contributed by atoms with Crippen LogP contribution in [-0.4, -0.2) is 5.78 Å². The number of rotatable bonds is 5. The molecule has 2 N–H and O–H groups in total. The molecule has 0 bridgehead atoms. The summed E-state index contributed by atoms with van der Waals surface area (Å²) in [6.07, 6.45) is 1.88. The van der Waals surface area contributed by atoms with E-state index in [9.17, 15) is 4.79 Å². The summed E-state index contributed by atoms with van der Waals surface area (Å²) in [5.41, 5.74) is 8.63. The number of hydrogen-bond donors (Lipinski definition) is 1. The van der Waals surface area contributed by atoms with Crippen molar-refractivity contribution >= 4 is 34.1 Å². The van der Waals surface area contributed by atoms with Gasteiger partial charge in [0.15, 0.2) is 0 Å². The van der Waals surface area contributed by atoms with E-state index < -0.39 is 0 Å². The Balaban J connectivity index is 1.84. The first-order valence-electron chi connectivity index (χ1n) is 6.24. The number of aryl methyl sites for hydroxylation is 1. The molecule has 3 heteroatoms. The van der Waals surface area contributed by atoms with Crippen LogP contribution >= 0.6 is 22.6 Å². The smallest absolute Gasteiger partial charge is 0.137 e. The van der Waals surface area contributed by atoms with Crippen molar-refractivity contribution in [3.05, 3.63) is 63.2 Å². The maximum Gasteiger partial charge on any atom is 0.137 e. The zero-order valence-electron chi connectivity index (χ0n) is 10.6. The minimum absolute atomic E-state index is 0.276. The molecule has 0 radical (unpaired) electrons.